The van der Waals surface area contributed by atoms with Crippen LogP contribution in [0.25, 0.3) is 0 Å². The van der Waals surface area contributed by atoms with Gasteiger partial charge in [0.1, 0.15) is 0 Å². The average Bonchev–Trinajstić information content (AvgIpc) is 3.28. The molecule has 124 valence electrons. The lowest BCUT2D eigenvalue weighted by Crippen LogP contribution is -2.52. The largest absolute Gasteiger partial charge is 0.377 e. The molecule has 3 saturated heterocycles. The highest BCUT2D eigenvalue weighted by atomic mass is 16.5. The summed E-state index contributed by atoms with van der Waals surface area (Å²) in [5.41, 5.74) is 0. The predicted molar refractivity (Wildman–Crippen MR) is 82.6 cm³/mol. The van der Waals surface area contributed by atoms with Crippen molar-refractivity contribution in [2.24, 2.45) is 5.92 Å². The maximum Gasteiger partial charge on any atom is 0.225 e. The average molecular weight is 308 g/mol. The van der Waals surface area contributed by atoms with E-state index in [1.807, 2.05) is 0 Å². The molecule has 4 fully saturated rings. The fraction of sp³-hybridized carbons (Fsp3) is 0.941. The molecule has 4 rings (SSSR count). The van der Waals surface area contributed by atoms with Gasteiger partial charge < -0.3 is 14.4 Å². The molecule has 4 aliphatic rings. The van der Waals surface area contributed by atoms with Crippen LogP contribution in [0.2, 0.25) is 0 Å². The second-order valence-corrected chi connectivity index (χ2v) is 7.33. The molecule has 0 aromatic carbocycles. The molecular formula is C17H28N2O3. The van der Waals surface area contributed by atoms with Crippen LogP contribution in [-0.2, 0) is 14.3 Å². The number of ether oxygens (including phenoxy) is 2. The van der Waals surface area contributed by atoms with Crippen molar-refractivity contribution in [3.63, 3.8) is 0 Å². The molecule has 1 aliphatic carbocycles. The summed E-state index contributed by atoms with van der Waals surface area (Å²) >= 11 is 0. The van der Waals surface area contributed by atoms with E-state index in [-0.39, 0.29) is 12.0 Å². The minimum atomic E-state index is 0.209. The summed E-state index contributed by atoms with van der Waals surface area (Å²) in [5.74, 6) is 0.666. The number of carbonyl (C=O) groups excluding carboxylic acids is 1. The van der Waals surface area contributed by atoms with Crippen LogP contribution in [0.15, 0.2) is 0 Å². The van der Waals surface area contributed by atoms with E-state index in [2.05, 4.69) is 9.80 Å². The minimum Gasteiger partial charge on any atom is -0.377 e. The van der Waals surface area contributed by atoms with Crippen molar-refractivity contribution in [3.05, 3.63) is 0 Å². The summed E-state index contributed by atoms with van der Waals surface area (Å²) in [6.45, 7) is 5.34. The van der Waals surface area contributed by atoms with Crippen molar-refractivity contribution in [1.29, 1.82) is 0 Å². The van der Waals surface area contributed by atoms with E-state index in [9.17, 15) is 4.79 Å². The highest BCUT2D eigenvalue weighted by molar-refractivity contribution is 5.79. The lowest BCUT2D eigenvalue weighted by molar-refractivity contribution is -0.134. The molecule has 3 atom stereocenters. The molecule has 0 radical (unpaired) electrons. The fourth-order valence-electron chi connectivity index (χ4n) is 4.65. The Labute approximate surface area is 132 Å². The first-order valence-corrected chi connectivity index (χ1v) is 9.07. The highest BCUT2D eigenvalue weighted by Gasteiger charge is 2.43. The zero-order valence-corrected chi connectivity index (χ0v) is 13.4. The smallest absolute Gasteiger partial charge is 0.225 e. The number of hydrogen-bond acceptors (Lipinski definition) is 4. The molecule has 0 spiro atoms. The molecule has 1 amide bonds. The van der Waals surface area contributed by atoms with Gasteiger partial charge in [-0.15, -0.1) is 0 Å². The summed E-state index contributed by atoms with van der Waals surface area (Å²) in [7, 11) is 0. The van der Waals surface area contributed by atoms with E-state index in [0.717, 1.165) is 52.2 Å². The third-order valence-electron chi connectivity index (χ3n) is 5.89. The third kappa shape index (κ3) is 2.91. The van der Waals surface area contributed by atoms with Gasteiger partial charge in [0.25, 0.3) is 0 Å². The van der Waals surface area contributed by atoms with E-state index in [0.29, 0.717) is 18.1 Å². The van der Waals surface area contributed by atoms with Crippen LogP contribution in [0.4, 0.5) is 0 Å². The second-order valence-electron chi connectivity index (χ2n) is 7.33. The third-order valence-corrected chi connectivity index (χ3v) is 5.89. The van der Waals surface area contributed by atoms with Crippen molar-refractivity contribution >= 4 is 5.91 Å². The Morgan fingerprint density at radius 2 is 1.86 bits per heavy atom. The van der Waals surface area contributed by atoms with Gasteiger partial charge >= 0.3 is 0 Å². The standard InChI is InChI=1S/C17H28N2O3/c20-17(13-4-1-2-5-13)19-11-15-16(12-19)22-9-7-18(15)10-14-6-3-8-21-14/h13-16H,1-12H2/t14?,15-,16+/m1/s1. The Hall–Kier alpha value is -0.650. The fourth-order valence-corrected chi connectivity index (χ4v) is 4.65. The van der Waals surface area contributed by atoms with Crippen LogP contribution in [-0.4, -0.2) is 73.3 Å². The molecule has 0 bridgehead atoms. The Kier molecular flexibility index (Phi) is 4.38. The number of carbonyl (C=O) groups is 1. The van der Waals surface area contributed by atoms with Crippen molar-refractivity contribution < 1.29 is 14.3 Å². The van der Waals surface area contributed by atoms with E-state index >= 15 is 0 Å². The molecule has 5 heteroatoms. The molecule has 1 saturated carbocycles. The van der Waals surface area contributed by atoms with Gasteiger partial charge in [-0.05, 0) is 25.7 Å². The van der Waals surface area contributed by atoms with Crippen molar-refractivity contribution in [2.75, 3.05) is 39.4 Å². The number of fused-ring (bicyclic) bond motifs is 1. The topological polar surface area (TPSA) is 42.0 Å². The Balaban J connectivity index is 1.38. The Bertz CT molecular complexity index is 405. The molecule has 5 nitrogen and oxygen atoms in total. The van der Waals surface area contributed by atoms with Crippen LogP contribution < -0.4 is 0 Å². The van der Waals surface area contributed by atoms with E-state index < -0.39 is 0 Å². The highest BCUT2D eigenvalue weighted by Crippen LogP contribution is 2.30. The van der Waals surface area contributed by atoms with Gasteiger partial charge in [0.05, 0.1) is 24.9 Å². The molecule has 3 heterocycles. The van der Waals surface area contributed by atoms with Crippen LogP contribution in [0.1, 0.15) is 38.5 Å². The number of amides is 1. The lowest BCUT2D eigenvalue weighted by atomic mass is 10.1. The van der Waals surface area contributed by atoms with E-state index in [4.69, 9.17) is 9.47 Å². The first-order valence-electron chi connectivity index (χ1n) is 9.07. The molecule has 0 aromatic rings. The van der Waals surface area contributed by atoms with Crippen LogP contribution in [0.3, 0.4) is 0 Å². The summed E-state index contributed by atoms with van der Waals surface area (Å²) in [6, 6.07) is 0.378. The SMILES string of the molecule is O=C(C1CCCC1)N1C[C@@H]2OCCN(CC3CCCO3)[C@@H]2C1. The lowest BCUT2D eigenvalue weighted by Gasteiger charge is -2.37. The monoisotopic (exact) mass is 308 g/mol. The Morgan fingerprint density at radius 3 is 2.64 bits per heavy atom. The van der Waals surface area contributed by atoms with Crippen LogP contribution in [0.5, 0.6) is 0 Å². The van der Waals surface area contributed by atoms with E-state index in [1.54, 1.807) is 0 Å². The van der Waals surface area contributed by atoms with Gasteiger partial charge in [-0.25, -0.2) is 0 Å². The summed E-state index contributed by atoms with van der Waals surface area (Å²) in [5, 5.41) is 0. The number of rotatable bonds is 3. The van der Waals surface area contributed by atoms with Crippen molar-refractivity contribution in [2.45, 2.75) is 56.8 Å². The zero-order valence-electron chi connectivity index (χ0n) is 13.4. The molecule has 0 aromatic heterocycles. The van der Waals surface area contributed by atoms with E-state index in [1.165, 1.54) is 25.7 Å². The van der Waals surface area contributed by atoms with Gasteiger partial charge in [0.15, 0.2) is 0 Å². The quantitative estimate of drug-likeness (QED) is 0.787. The Morgan fingerprint density at radius 1 is 1.00 bits per heavy atom. The van der Waals surface area contributed by atoms with Crippen molar-refractivity contribution in [1.82, 2.24) is 9.80 Å². The van der Waals surface area contributed by atoms with Crippen molar-refractivity contribution in [3.8, 4) is 0 Å². The molecular weight excluding hydrogens is 280 g/mol. The minimum absolute atomic E-state index is 0.209. The summed E-state index contributed by atoms with van der Waals surface area (Å²) < 4.78 is 11.8. The summed E-state index contributed by atoms with van der Waals surface area (Å²) in [4.78, 5) is 17.3. The second kappa shape index (κ2) is 6.46. The first-order chi connectivity index (χ1) is 10.8. The molecule has 3 aliphatic heterocycles. The van der Waals surface area contributed by atoms with Crippen LogP contribution >= 0.6 is 0 Å². The maximum atomic E-state index is 12.7. The maximum absolute atomic E-state index is 12.7. The summed E-state index contributed by atoms with van der Waals surface area (Å²) in [6.07, 6.45) is 7.58. The number of hydrogen-bond donors (Lipinski definition) is 0. The molecule has 0 N–H and O–H groups in total. The first kappa shape index (κ1) is 14.9. The van der Waals surface area contributed by atoms with Gasteiger partial charge in [-0.2, -0.15) is 0 Å². The normalized spacial score (nSPS) is 36.9. The predicted octanol–water partition coefficient (Wildman–Crippen LogP) is 1.27. The number of morpholine rings is 1. The number of likely N-dealkylation sites (tertiary alicyclic amines) is 1. The number of nitrogens with zero attached hydrogens (tertiary/aromatic N) is 2. The van der Waals surface area contributed by atoms with Crippen LogP contribution in [0, 0.1) is 5.92 Å². The van der Waals surface area contributed by atoms with Gasteiger partial charge in [-0.3, -0.25) is 9.69 Å². The molecule has 1 unspecified atom stereocenters. The van der Waals surface area contributed by atoms with Gasteiger partial charge in [-0.1, -0.05) is 12.8 Å². The molecule has 22 heavy (non-hydrogen) atoms. The van der Waals surface area contributed by atoms with Gasteiger partial charge in [0.2, 0.25) is 5.91 Å². The van der Waals surface area contributed by atoms with Gasteiger partial charge in [0, 0.05) is 38.7 Å². The zero-order chi connectivity index (χ0) is 14.9.